The Balaban J connectivity index is 1.09. The third-order valence-corrected chi connectivity index (χ3v) is 23.7. The third-order valence-electron chi connectivity index (χ3n) is 18.2. The number of thioether (sulfide) groups is 1. The maximum atomic E-state index is 14.6. The molecule has 0 saturated carbocycles. The Morgan fingerprint density at radius 3 is 2.19 bits per heavy atom. The summed E-state index contributed by atoms with van der Waals surface area (Å²) in [6, 6.07) is -1.79. The van der Waals surface area contributed by atoms with Crippen molar-refractivity contribution in [2.24, 2.45) is 5.73 Å². The van der Waals surface area contributed by atoms with Gasteiger partial charge in [-0.25, -0.2) is 4.79 Å². The van der Waals surface area contributed by atoms with Gasteiger partial charge in [-0.3, -0.25) is 29.3 Å². The fraction of sp³-hybridized carbons (Fsp3) is 0.700. The van der Waals surface area contributed by atoms with Gasteiger partial charge in [-0.05, 0) is 87.8 Å². The number of halogens is 1. The van der Waals surface area contributed by atoms with Crippen LogP contribution < -0.4 is 30.7 Å². The lowest BCUT2D eigenvalue weighted by Crippen LogP contribution is -2.65. The van der Waals surface area contributed by atoms with Crippen molar-refractivity contribution in [3.63, 3.8) is 0 Å². The van der Waals surface area contributed by atoms with E-state index in [4.69, 9.17) is 86.7 Å². The lowest BCUT2D eigenvalue weighted by atomic mass is 9.75. The molecule has 0 aromatic heterocycles. The average Bonchev–Trinajstić information content (AvgIpc) is 0.767. The molecule has 588 valence electrons. The first-order valence-corrected chi connectivity index (χ1v) is 39.0. The van der Waals surface area contributed by atoms with Gasteiger partial charge < -0.3 is 112 Å². The van der Waals surface area contributed by atoms with E-state index in [0.717, 1.165) is 18.9 Å². The van der Waals surface area contributed by atoms with Crippen LogP contribution >= 0.6 is 55.9 Å². The largest absolute Gasteiger partial charge is 0.492 e. The molecule has 18 unspecified atom stereocenters. The minimum atomic E-state index is -2.18. The van der Waals surface area contributed by atoms with Crippen LogP contribution in [0.4, 0.5) is 4.79 Å². The molecule has 4 heterocycles. The summed E-state index contributed by atoms with van der Waals surface area (Å²) in [5.74, 6) is 10.8. The van der Waals surface area contributed by atoms with Crippen molar-refractivity contribution in [3.05, 3.63) is 49.8 Å². The Morgan fingerprint density at radius 1 is 0.838 bits per heavy atom. The van der Waals surface area contributed by atoms with Crippen molar-refractivity contribution in [2.75, 3.05) is 107 Å². The molecule has 10 N–H and O–H groups in total. The van der Waals surface area contributed by atoms with E-state index >= 15 is 0 Å². The Hall–Kier alpha value is -4.31. The Labute approximate surface area is 637 Å². The Morgan fingerprint density at radius 2 is 1.53 bits per heavy atom. The molecule has 1 aromatic carbocycles. The fourth-order valence-electron chi connectivity index (χ4n) is 12.6. The van der Waals surface area contributed by atoms with Gasteiger partial charge in [-0.1, -0.05) is 70.0 Å². The van der Waals surface area contributed by atoms with Gasteiger partial charge in [0.1, 0.15) is 42.4 Å². The van der Waals surface area contributed by atoms with Crippen LogP contribution in [0.2, 0.25) is 0 Å². The third kappa shape index (κ3) is 23.4. The van der Waals surface area contributed by atoms with Gasteiger partial charge in [0.2, 0.25) is 23.1 Å². The zero-order chi connectivity index (χ0) is 76.7. The molecule has 4 fully saturated rings. The predicted octanol–water partition coefficient (Wildman–Crippen LogP) is 2.68. The number of carbonyl (C=O) groups is 5. The van der Waals surface area contributed by atoms with Gasteiger partial charge in [0.15, 0.2) is 41.8 Å². The van der Waals surface area contributed by atoms with Crippen LogP contribution in [-0.2, 0) is 76.1 Å². The van der Waals surface area contributed by atoms with Crippen molar-refractivity contribution in [1.82, 2.24) is 15.7 Å². The quantitative estimate of drug-likeness (QED) is 0.0151. The number of amides is 2. The maximum Gasteiger partial charge on any atom is 0.411 e. The maximum absolute atomic E-state index is 14.6. The molecular weight excluding hydrogens is 1550 g/mol. The number of Topliss-reactive ketones (excluding diaryl/α,β-unsaturated/α-hetero) is 2. The highest BCUT2D eigenvalue weighted by molar-refractivity contribution is 14.1. The van der Waals surface area contributed by atoms with Gasteiger partial charge >= 0.3 is 6.09 Å². The number of fused-ring (bicyclic) bond motifs is 2. The van der Waals surface area contributed by atoms with Crippen LogP contribution in [0.3, 0.4) is 0 Å². The van der Waals surface area contributed by atoms with Crippen LogP contribution in [0.15, 0.2) is 35.1 Å². The molecule has 1 aromatic rings. The van der Waals surface area contributed by atoms with Gasteiger partial charge in [0.05, 0.1) is 143 Å². The van der Waals surface area contributed by atoms with Gasteiger partial charge in [0.25, 0.3) is 0 Å². The first-order valence-electron chi connectivity index (χ1n) is 34.6. The van der Waals surface area contributed by atoms with Crippen LogP contribution in [0, 0.1) is 34.2 Å². The highest BCUT2D eigenvalue weighted by atomic mass is 127. The number of alkyl carbamates (subject to hydrolysis) is 1. The molecule has 2 bridgehead atoms. The fourth-order valence-corrected chi connectivity index (χ4v) is 16.6. The number of hydrogen-bond donors (Lipinski definition) is 9. The summed E-state index contributed by atoms with van der Waals surface area (Å²) in [6.45, 7) is 12.3. The number of carbonyl (C=O) groups excluding carboxylic acids is 5. The van der Waals surface area contributed by atoms with Crippen molar-refractivity contribution in [1.29, 1.82) is 0 Å². The summed E-state index contributed by atoms with van der Waals surface area (Å²) < 4.78 is 89.4. The molecule has 2 amide bonds. The van der Waals surface area contributed by atoms with Crippen molar-refractivity contribution in [3.8, 4) is 40.9 Å². The molecule has 0 spiro atoms. The topological polar surface area (TPSA) is 408 Å². The van der Waals surface area contributed by atoms with E-state index in [1.165, 1.54) is 62.2 Å². The van der Waals surface area contributed by atoms with Crippen molar-refractivity contribution in [2.45, 2.75) is 207 Å². The van der Waals surface area contributed by atoms with Crippen molar-refractivity contribution >= 4 is 84.6 Å². The number of aliphatic hydroxyl groups excluding tert-OH is 5. The summed E-state index contributed by atoms with van der Waals surface area (Å²) in [4.78, 5) is 75.9. The van der Waals surface area contributed by atoms with Gasteiger partial charge in [-0.2, -0.15) is 5.48 Å². The highest BCUT2D eigenvalue weighted by Crippen LogP contribution is 2.49. The number of nitrogens with two attached hydrogens (primary N) is 1. The molecule has 35 heteroatoms. The number of allylic oxidation sites excluding steroid dienone is 3. The number of hydrogen-bond acceptors (Lipinski definition) is 32. The normalized spacial score (nSPS) is 31.3. The number of aliphatic hydroxyl groups is 6. The van der Waals surface area contributed by atoms with Crippen LogP contribution in [0.5, 0.6) is 17.2 Å². The molecule has 20 atom stereocenters. The zero-order valence-electron chi connectivity index (χ0n) is 60.8. The highest BCUT2D eigenvalue weighted by Gasteiger charge is 2.53. The second-order valence-corrected chi connectivity index (χ2v) is 30.4. The molecule has 105 heavy (non-hydrogen) atoms. The Kier molecular flexibility index (Phi) is 36.3. The minimum absolute atomic E-state index is 0.000834. The first-order chi connectivity index (χ1) is 50.3. The molecule has 7 rings (SSSR count). The van der Waals surface area contributed by atoms with Crippen LogP contribution in [0.1, 0.15) is 95.5 Å². The second kappa shape index (κ2) is 43.3. The minimum Gasteiger partial charge on any atom is -0.492 e. The van der Waals surface area contributed by atoms with E-state index in [-0.39, 0.29) is 108 Å². The van der Waals surface area contributed by atoms with Crippen molar-refractivity contribution < 1.29 is 131 Å². The van der Waals surface area contributed by atoms with Gasteiger partial charge in [-0.15, -0.1) is 0 Å². The summed E-state index contributed by atoms with van der Waals surface area (Å²) in [5, 5.41) is 68.9. The summed E-state index contributed by atoms with van der Waals surface area (Å²) in [7, 11) is 9.53. The molecular formula is C70H101IN4O27S3. The molecule has 4 aliphatic heterocycles. The number of nitrogens with one attached hydrogen (secondary N) is 2. The van der Waals surface area contributed by atoms with E-state index in [2.05, 4.69) is 34.5 Å². The average molecular weight is 1650 g/mol. The number of benzene rings is 1. The number of hydroxylamine groups is 1. The number of ketones is 2. The van der Waals surface area contributed by atoms with E-state index in [1.807, 2.05) is 29.5 Å². The van der Waals surface area contributed by atoms with Gasteiger partial charge in [0, 0.05) is 75.2 Å². The van der Waals surface area contributed by atoms with E-state index in [9.17, 15) is 49.5 Å². The SMILES string of the molecule is CCN(C(=O)CN)C1COC(OC2C(O[C@H]3C#C/C=C\C#C[C@]4(O)CC(=O)C(NC(=O)OC)=C3/C4=C\CSSC(C)CCC(=O)CCCOCCOCCOCCO)OC(C)C(NOC3CC(O)C(SC(=O)c4c(C)c(I)c(OC5OC(C)C(O)C(OC)C5O)c(OC)c4OC)C(C)O3)C2O)CC1OC. The standard InChI is InChI=1S/C70H101IN4O27S3/c1-12-75(49(80)35-72)44-36-95-50(33-48(44)87-7)100-63-58(82)55(74-102-51-32-45(78)65(41(6)96-51)104-66(84)52-38(3)54(71)61(64(90-10)60(52)88-8)101-67-59(83)62(89-9)57(81)40(5)98-67)39(4)97-68(63)99-47-19-15-13-14-16-23-70(86)34-46(79)56(73-69(85)91-11)53(47)43(70)22-31-103-105-37(2)20-21-42(77)18-17-25-92-27-29-94-30-28-93-26-24-76/h13-14,22,37,39-41,44-45,47-48,50-51,55,57-59,62-63,65,67-68,74,76,78,81-83,86H,12,17-18,20-21,24-36,72H2,1-11H3,(H,73,85)/b14-13-,43-22+/t37?,39?,40?,41?,44?,45?,47-,48?,50?,51?,55?,57?,58?,59?,62?,63?,65?,67?,68?,70-/m0/s1. The number of ether oxygens (including phenoxy) is 15. The lowest BCUT2D eigenvalue weighted by molar-refractivity contribution is -0.337. The smallest absolute Gasteiger partial charge is 0.411 e. The van der Waals surface area contributed by atoms with E-state index in [0.29, 0.717) is 67.9 Å². The molecule has 0 radical (unpaired) electrons. The number of methoxy groups -OCH3 is 5. The number of nitrogens with zero attached hydrogens (tertiary/aromatic N) is 1. The van der Waals surface area contributed by atoms with Crippen LogP contribution in [0.25, 0.3) is 0 Å². The van der Waals surface area contributed by atoms with E-state index in [1.54, 1.807) is 45.6 Å². The molecule has 4 saturated heterocycles. The summed E-state index contributed by atoms with van der Waals surface area (Å²) >= 11 is 2.78. The Bertz CT molecular complexity index is 3290. The summed E-state index contributed by atoms with van der Waals surface area (Å²) in [6.07, 6.45) is -13.9. The predicted molar refractivity (Wildman–Crippen MR) is 391 cm³/mol. The molecule has 2 aliphatic carbocycles. The first kappa shape index (κ1) is 87.9. The number of rotatable bonds is 38. The second-order valence-electron chi connectivity index (χ2n) is 25.3. The zero-order valence-corrected chi connectivity index (χ0v) is 65.4. The lowest BCUT2D eigenvalue weighted by Gasteiger charge is -2.47. The van der Waals surface area contributed by atoms with E-state index < -0.39 is 139 Å². The summed E-state index contributed by atoms with van der Waals surface area (Å²) in [5.41, 5.74) is 6.64. The molecule has 6 aliphatic rings. The number of likely N-dealkylation sites (N-methyl/N-ethyl adjacent to an activating group) is 1. The molecule has 31 nitrogen and oxygen atoms in total. The monoisotopic (exact) mass is 1650 g/mol. The van der Waals surface area contributed by atoms with Crippen LogP contribution in [-0.4, -0.2) is 292 Å².